The van der Waals surface area contributed by atoms with Gasteiger partial charge in [-0.15, -0.1) is 0 Å². The molecular weight excluding hydrogens is 358 g/mol. The van der Waals surface area contributed by atoms with Crippen molar-refractivity contribution in [1.29, 1.82) is 0 Å². The van der Waals surface area contributed by atoms with Crippen molar-refractivity contribution in [2.75, 3.05) is 7.11 Å². The Morgan fingerprint density at radius 2 is 2.00 bits per heavy atom. The first-order chi connectivity index (χ1) is 13.3. The topological polar surface area (TPSA) is 93.5 Å². The van der Waals surface area contributed by atoms with E-state index in [1.807, 2.05) is 11.6 Å². The van der Waals surface area contributed by atoms with E-state index in [2.05, 4.69) is 24.3 Å². The molecule has 0 spiro atoms. The lowest BCUT2D eigenvalue weighted by molar-refractivity contribution is -0.138. The van der Waals surface area contributed by atoms with Crippen molar-refractivity contribution in [3.05, 3.63) is 47.3 Å². The molecule has 1 unspecified atom stereocenters. The highest BCUT2D eigenvalue weighted by atomic mass is 16.5. The highest BCUT2D eigenvalue weighted by Gasteiger charge is 2.33. The third-order valence-corrected chi connectivity index (χ3v) is 5.18. The first-order valence-corrected chi connectivity index (χ1v) is 9.48. The monoisotopic (exact) mass is 387 g/mol. The Balaban J connectivity index is 2.37. The van der Waals surface area contributed by atoms with Gasteiger partial charge in [-0.25, -0.2) is 0 Å². The molecule has 1 aromatic carbocycles. The number of nitrogens with one attached hydrogen (secondary N) is 1. The molecule has 7 nitrogen and oxygen atoms in total. The summed E-state index contributed by atoms with van der Waals surface area (Å²) in [5.41, 5.74) is 0.787. The lowest BCUT2D eigenvalue weighted by Crippen LogP contribution is -2.45. The van der Waals surface area contributed by atoms with E-state index in [-0.39, 0.29) is 18.4 Å². The van der Waals surface area contributed by atoms with Crippen LogP contribution in [0, 0.1) is 6.92 Å². The van der Waals surface area contributed by atoms with Gasteiger partial charge < -0.3 is 15.2 Å². The van der Waals surface area contributed by atoms with E-state index in [1.165, 1.54) is 0 Å². The number of amides is 1. The Bertz CT molecular complexity index is 842. The van der Waals surface area contributed by atoms with Crippen molar-refractivity contribution in [3.8, 4) is 5.75 Å². The smallest absolute Gasteiger partial charge is 0.306 e. The van der Waals surface area contributed by atoms with Crippen LogP contribution in [0.4, 0.5) is 0 Å². The summed E-state index contributed by atoms with van der Waals surface area (Å²) < 4.78 is 7.11. The molecule has 7 heteroatoms. The number of carboxylic acids is 1. The number of nitrogens with zero attached hydrogens (tertiary/aromatic N) is 2. The van der Waals surface area contributed by atoms with Crippen molar-refractivity contribution in [2.24, 2.45) is 0 Å². The van der Waals surface area contributed by atoms with Gasteiger partial charge in [0.05, 0.1) is 36.9 Å². The minimum atomic E-state index is -1.10. The molecule has 152 valence electrons. The van der Waals surface area contributed by atoms with Crippen molar-refractivity contribution in [2.45, 2.75) is 58.5 Å². The molecule has 1 atom stereocenters. The van der Waals surface area contributed by atoms with Crippen LogP contribution in [-0.2, 0) is 10.3 Å². The van der Waals surface area contributed by atoms with Crippen LogP contribution in [0.2, 0.25) is 0 Å². The second kappa shape index (κ2) is 8.91. The quantitative estimate of drug-likeness (QED) is 0.684. The fraction of sp³-hybridized carbons (Fsp3) is 0.476. The zero-order chi connectivity index (χ0) is 20.9. The number of aromatic nitrogens is 2. The van der Waals surface area contributed by atoms with Gasteiger partial charge in [-0.2, -0.15) is 5.10 Å². The first-order valence-electron chi connectivity index (χ1n) is 9.48. The van der Waals surface area contributed by atoms with Crippen LogP contribution < -0.4 is 10.1 Å². The van der Waals surface area contributed by atoms with Crippen LogP contribution in [0.1, 0.15) is 67.7 Å². The Morgan fingerprint density at radius 1 is 1.32 bits per heavy atom. The van der Waals surface area contributed by atoms with E-state index < -0.39 is 11.5 Å². The van der Waals surface area contributed by atoms with Crippen LogP contribution in [0.25, 0.3) is 0 Å². The number of carboxylic acid groups (broad SMARTS) is 1. The fourth-order valence-corrected chi connectivity index (χ4v) is 3.45. The van der Waals surface area contributed by atoms with Crippen molar-refractivity contribution >= 4 is 11.9 Å². The Hall–Kier alpha value is -2.83. The summed E-state index contributed by atoms with van der Waals surface area (Å²) >= 11 is 0. The maximum Gasteiger partial charge on any atom is 0.306 e. The van der Waals surface area contributed by atoms with Gasteiger partial charge in [0.1, 0.15) is 5.75 Å². The third-order valence-electron chi connectivity index (χ3n) is 5.18. The molecule has 2 rings (SSSR count). The molecule has 0 radical (unpaired) electrons. The van der Waals surface area contributed by atoms with E-state index in [9.17, 15) is 14.7 Å². The molecule has 1 aromatic heterocycles. The summed E-state index contributed by atoms with van der Waals surface area (Å²) in [5.74, 6) is -0.752. The Morgan fingerprint density at radius 3 is 2.57 bits per heavy atom. The average molecular weight is 387 g/mol. The van der Waals surface area contributed by atoms with Crippen molar-refractivity contribution in [1.82, 2.24) is 15.1 Å². The maximum absolute atomic E-state index is 13.0. The fourth-order valence-electron chi connectivity index (χ4n) is 3.45. The molecule has 0 bridgehead atoms. The van der Waals surface area contributed by atoms with Crippen LogP contribution in [0.3, 0.4) is 0 Å². The minimum Gasteiger partial charge on any atom is -0.497 e. The van der Waals surface area contributed by atoms with Crippen molar-refractivity contribution < 1.29 is 19.4 Å². The normalized spacial score (nSPS) is 13.2. The number of aliphatic carboxylic acids is 1. The molecule has 0 aliphatic carbocycles. The molecular formula is C21H29N3O4. The lowest BCUT2D eigenvalue weighted by Gasteiger charge is -2.30. The molecule has 0 saturated heterocycles. The molecule has 1 amide bonds. The third kappa shape index (κ3) is 4.52. The minimum absolute atomic E-state index is 0.227. The summed E-state index contributed by atoms with van der Waals surface area (Å²) in [5, 5.41) is 16.7. The number of methoxy groups -OCH3 is 1. The molecule has 2 aromatic rings. The molecule has 1 heterocycles. The predicted octanol–water partition coefficient (Wildman–Crippen LogP) is 3.68. The first kappa shape index (κ1) is 21.5. The standard InChI is InChI=1S/C21H29N3O4/c1-6-16(7-2)24-14(3)18(13-22-24)20(27)23-21(4,12-19(25)26)15-9-8-10-17(11-15)28-5/h8-11,13,16H,6-7,12H2,1-5H3,(H,23,27)(H,25,26). The second-order valence-electron chi connectivity index (χ2n) is 7.15. The van der Waals surface area contributed by atoms with E-state index in [0.717, 1.165) is 18.5 Å². The van der Waals surface area contributed by atoms with Gasteiger partial charge in [0.25, 0.3) is 5.91 Å². The van der Waals surface area contributed by atoms with Crippen LogP contribution in [-0.4, -0.2) is 33.9 Å². The number of carbonyl (C=O) groups excluding carboxylic acids is 1. The summed E-state index contributed by atoms with van der Waals surface area (Å²) in [6.07, 6.45) is 3.13. The summed E-state index contributed by atoms with van der Waals surface area (Å²) in [6, 6.07) is 7.30. The lowest BCUT2D eigenvalue weighted by atomic mass is 9.88. The van der Waals surface area contributed by atoms with Crippen LogP contribution >= 0.6 is 0 Å². The SMILES string of the molecule is CCC(CC)n1ncc(C(=O)NC(C)(CC(=O)O)c2cccc(OC)c2)c1C. The Kier molecular flexibility index (Phi) is 6.83. The molecule has 28 heavy (non-hydrogen) atoms. The predicted molar refractivity (Wildman–Crippen MR) is 107 cm³/mol. The van der Waals surface area contributed by atoms with Crippen LogP contribution in [0.5, 0.6) is 5.75 Å². The zero-order valence-corrected chi connectivity index (χ0v) is 17.2. The van der Waals surface area contributed by atoms with Gasteiger partial charge in [0.2, 0.25) is 0 Å². The molecule has 2 N–H and O–H groups in total. The van der Waals surface area contributed by atoms with E-state index in [1.54, 1.807) is 44.5 Å². The average Bonchev–Trinajstić information content (AvgIpc) is 3.04. The Labute approximate surface area is 165 Å². The number of carbonyl (C=O) groups is 2. The van der Waals surface area contributed by atoms with E-state index in [0.29, 0.717) is 16.9 Å². The number of rotatable bonds is 9. The van der Waals surface area contributed by atoms with Gasteiger partial charge in [0, 0.05) is 5.69 Å². The summed E-state index contributed by atoms with van der Waals surface area (Å²) in [7, 11) is 1.54. The summed E-state index contributed by atoms with van der Waals surface area (Å²) in [4.78, 5) is 24.5. The van der Waals surface area contributed by atoms with Crippen LogP contribution in [0.15, 0.2) is 30.5 Å². The number of hydrogen-bond acceptors (Lipinski definition) is 4. The number of ether oxygens (including phenoxy) is 1. The van der Waals surface area contributed by atoms with Gasteiger partial charge in [-0.3, -0.25) is 14.3 Å². The molecule has 0 aliphatic rings. The van der Waals surface area contributed by atoms with Gasteiger partial charge in [-0.05, 0) is 44.4 Å². The maximum atomic E-state index is 13.0. The van der Waals surface area contributed by atoms with E-state index in [4.69, 9.17) is 4.74 Å². The van der Waals surface area contributed by atoms with E-state index >= 15 is 0 Å². The number of benzene rings is 1. The van der Waals surface area contributed by atoms with Gasteiger partial charge in [-0.1, -0.05) is 26.0 Å². The molecule has 0 saturated carbocycles. The highest BCUT2D eigenvalue weighted by Crippen LogP contribution is 2.29. The zero-order valence-electron chi connectivity index (χ0n) is 17.2. The highest BCUT2D eigenvalue weighted by molar-refractivity contribution is 5.96. The molecule has 0 aliphatic heterocycles. The largest absolute Gasteiger partial charge is 0.497 e. The van der Waals surface area contributed by atoms with Gasteiger partial charge >= 0.3 is 5.97 Å². The van der Waals surface area contributed by atoms with Gasteiger partial charge in [0.15, 0.2) is 0 Å². The number of hydrogen-bond donors (Lipinski definition) is 2. The van der Waals surface area contributed by atoms with Crippen molar-refractivity contribution in [3.63, 3.8) is 0 Å². The molecule has 0 fully saturated rings. The summed E-state index contributed by atoms with van der Waals surface area (Å²) in [6.45, 7) is 7.73. The second-order valence-corrected chi connectivity index (χ2v) is 7.15.